The van der Waals surface area contributed by atoms with Gasteiger partial charge in [0.25, 0.3) is 0 Å². The van der Waals surface area contributed by atoms with Crippen molar-refractivity contribution in [2.75, 3.05) is 11.9 Å². The lowest BCUT2D eigenvalue weighted by molar-refractivity contribution is 0.206. The number of hydrogen-bond donors (Lipinski definition) is 1. The molecular weight excluding hydrogens is 258 g/mol. The highest BCUT2D eigenvalue weighted by Crippen LogP contribution is 2.27. The monoisotopic (exact) mass is 273 g/mol. The summed E-state index contributed by atoms with van der Waals surface area (Å²) in [7, 11) is 0. The first-order chi connectivity index (χ1) is 9.33. The van der Waals surface area contributed by atoms with Gasteiger partial charge in [0.1, 0.15) is 11.9 Å². The van der Waals surface area contributed by atoms with Gasteiger partial charge in [-0.15, -0.1) is 0 Å². The van der Waals surface area contributed by atoms with E-state index in [0.717, 1.165) is 25.1 Å². The maximum absolute atomic E-state index is 6.13. The highest BCUT2D eigenvalue weighted by Gasteiger charge is 2.17. The summed E-state index contributed by atoms with van der Waals surface area (Å²) in [6.07, 6.45) is 2.17. The number of para-hydroxylation sites is 2. The zero-order valence-electron chi connectivity index (χ0n) is 10.6. The fourth-order valence-electron chi connectivity index (χ4n) is 2.37. The average molecular weight is 274 g/mol. The SMILES string of the molecule is Clc1ccccc1OC1CCc2ccccc2NC1. The summed E-state index contributed by atoms with van der Waals surface area (Å²) < 4.78 is 6.00. The number of benzene rings is 2. The largest absolute Gasteiger partial charge is 0.487 e. The maximum Gasteiger partial charge on any atom is 0.138 e. The predicted octanol–water partition coefficient (Wildman–Crippen LogP) is 4.15. The van der Waals surface area contributed by atoms with Crippen LogP contribution in [0.5, 0.6) is 5.75 Å². The van der Waals surface area contributed by atoms with E-state index in [9.17, 15) is 0 Å². The minimum atomic E-state index is 0.146. The molecule has 1 aliphatic rings. The number of ether oxygens (including phenoxy) is 1. The van der Waals surface area contributed by atoms with Gasteiger partial charge in [0, 0.05) is 5.69 Å². The van der Waals surface area contributed by atoms with Crippen molar-refractivity contribution in [1.29, 1.82) is 0 Å². The summed E-state index contributed by atoms with van der Waals surface area (Å²) in [6.45, 7) is 0.808. The van der Waals surface area contributed by atoms with Gasteiger partial charge in [0.2, 0.25) is 0 Å². The summed E-state index contributed by atoms with van der Waals surface area (Å²) >= 11 is 6.13. The van der Waals surface area contributed by atoms with Crippen LogP contribution in [0.1, 0.15) is 12.0 Å². The van der Waals surface area contributed by atoms with E-state index >= 15 is 0 Å². The zero-order chi connectivity index (χ0) is 13.1. The fraction of sp³-hybridized carbons (Fsp3) is 0.250. The molecule has 19 heavy (non-hydrogen) atoms. The molecule has 2 aromatic rings. The Kier molecular flexibility index (Phi) is 3.60. The van der Waals surface area contributed by atoms with Crippen LogP contribution >= 0.6 is 11.6 Å². The quantitative estimate of drug-likeness (QED) is 0.888. The van der Waals surface area contributed by atoms with Gasteiger partial charge in [-0.3, -0.25) is 0 Å². The molecule has 0 saturated carbocycles. The Morgan fingerprint density at radius 3 is 2.74 bits per heavy atom. The minimum Gasteiger partial charge on any atom is -0.487 e. The molecule has 98 valence electrons. The van der Waals surface area contributed by atoms with Crippen LogP contribution in [0, 0.1) is 0 Å². The first-order valence-corrected chi connectivity index (χ1v) is 6.94. The van der Waals surface area contributed by atoms with Crippen LogP contribution in [0.3, 0.4) is 0 Å². The van der Waals surface area contributed by atoms with Crippen LogP contribution in [-0.2, 0) is 6.42 Å². The molecule has 0 aliphatic carbocycles. The van der Waals surface area contributed by atoms with Crippen molar-refractivity contribution >= 4 is 17.3 Å². The molecule has 3 heteroatoms. The summed E-state index contributed by atoms with van der Waals surface area (Å²) in [5, 5.41) is 4.12. The van der Waals surface area contributed by atoms with Crippen LogP contribution in [0.25, 0.3) is 0 Å². The van der Waals surface area contributed by atoms with Crippen LogP contribution in [-0.4, -0.2) is 12.6 Å². The van der Waals surface area contributed by atoms with Gasteiger partial charge in [-0.2, -0.15) is 0 Å². The minimum absolute atomic E-state index is 0.146. The summed E-state index contributed by atoms with van der Waals surface area (Å²) in [6, 6.07) is 16.1. The molecule has 0 fully saturated rings. The molecule has 1 heterocycles. The smallest absolute Gasteiger partial charge is 0.138 e. The Labute approximate surface area is 118 Å². The van der Waals surface area contributed by atoms with Crippen molar-refractivity contribution in [3.8, 4) is 5.75 Å². The van der Waals surface area contributed by atoms with E-state index < -0.39 is 0 Å². The Morgan fingerprint density at radius 1 is 1.05 bits per heavy atom. The van der Waals surface area contributed by atoms with E-state index in [1.54, 1.807) is 0 Å². The van der Waals surface area contributed by atoms with E-state index in [1.165, 1.54) is 11.3 Å². The molecule has 2 aromatic carbocycles. The summed E-state index contributed by atoms with van der Waals surface area (Å²) in [5.74, 6) is 0.766. The molecule has 1 aliphatic heterocycles. The topological polar surface area (TPSA) is 21.3 Å². The molecule has 0 saturated heterocycles. The second-order valence-corrected chi connectivity index (χ2v) is 5.15. The van der Waals surface area contributed by atoms with Crippen LogP contribution in [0.15, 0.2) is 48.5 Å². The number of nitrogens with one attached hydrogen (secondary N) is 1. The van der Waals surface area contributed by atoms with Gasteiger partial charge in [0.05, 0.1) is 11.6 Å². The number of anilines is 1. The average Bonchev–Trinajstić information content (AvgIpc) is 2.64. The third-order valence-electron chi connectivity index (χ3n) is 3.40. The van der Waals surface area contributed by atoms with Gasteiger partial charge in [-0.05, 0) is 36.6 Å². The Morgan fingerprint density at radius 2 is 1.84 bits per heavy atom. The molecule has 0 bridgehead atoms. The van der Waals surface area contributed by atoms with Crippen molar-refractivity contribution < 1.29 is 4.74 Å². The zero-order valence-corrected chi connectivity index (χ0v) is 11.4. The van der Waals surface area contributed by atoms with Crippen molar-refractivity contribution in [3.63, 3.8) is 0 Å². The molecule has 1 atom stereocenters. The molecule has 3 rings (SSSR count). The molecule has 0 radical (unpaired) electrons. The third-order valence-corrected chi connectivity index (χ3v) is 3.72. The lowest BCUT2D eigenvalue weighted by Crippen LogP contribution is -2.25. The number of aryl methyl sites for hydroxylation is 1. The third kappa shape index (κ3) is 2.85. The molecule has 0 spiro atoms. The molecule has 0 amide bonds. The van der Waals surface area contributed by atoms with Gasteiger partial charge in [0.15, 0.2) is 0 Å². The number of halogens is 1. The van der Waals surface area contributed by atoms with Crippen molar-refractivity contribution in [1.82, 2.24) is 0 Å². The van der Waals surface area contributed by atoms with E-state index in [1.807, 2.05) is 24.3 Å². The highest BCUT2D eigenvalue weighted by molar-refractivity contribution is 6.32. The van der Waals surface area contributed by atoms with Crippen molar-refractivity contribution in [2.24, 2.45) is 0 Å². The van der Waals surface area contributed by atoms with E-state index in [-0.39, 0.29) is 6.10 Å². The molecule has 1 N–H and O–H groups in total. The van der Waals surface area contributed by atoms with E-state index in [0.29, 0.717) is 5.02 Å². The van der Waals surface area contributed by atoms with Crippen LogP contribution in [0.2, 0.25) is 5.02 Å². The van der Waals surface area contributed by atoms with Crippen molar-refractivity contribution in [2.45, 2.75) is 18.9 Å². The van der Waals surface area contributed by atoms with Crippen LogP contribution < -0.4 is 10.1 Å². The standard InChI is InChI=1S/C16H16ClNO/c17-14-6-2-4-8-16(14)19-13-10-9-12-5-1-3-7-15(12)18-11-13/h1-8,13,18H,9-11H2. The van der Waals surface area contributed by atoms with Gasteiger partial charge >= 0.3 is 0 Å². The predicted molar refractivity (Wildman–Crippen MR) is 79.1 cm³/mol. The van der Waals surface area contributed by atoms with Gasteiger partial charge in [-0.1, -0.05) is 41.9 Å². The molecule has 1 unspecified atom stereocenters. The fourth-order valence-corrected chi connectivity index (χ4v) is 2.55. The maximum atomic E-state index is 6.13. The molecule has 0 aromatic heterocycles. The number of hydrogen-bond acceptors (Lipinski definition) is 2. The van der Waals surface area contributed by atoms with Gasteiger partial charge in [-0.25, -0.2) is 0 Å². The Hall–Kier alpha value is -1.67. The second-order valence-electron chi connectivity index (χ2n) is 4.75. The van der Waals surface area contributed by atoms with E-state index in [4.69, 9.17) is 16.3 Å². The summed E-state index contributed by atoms with van der Waals surface area (Å²) in [4.78, 5) is 0. The normalized spacial score (nSPS) is 18.1. The Bertz CT molecular complexity index is 543. The second kappa shape index (κ2) is 5.54. The Balaban J connectivity index is 1.71. The first kappa shape index (κ1) is 12.4. The lowest BCUT2D eigenvalue weighted by Gasteiger charge is -2.18. The van der Waals surface area contributed by atoms with Crippen LogP contribution in [0.4, 0.5) is 5.69 Å². The first-order valence-electron chi connectivity index (χ1n) is 6.56. The number of fused-ring (bicyclic) bond motifs is 1. The van der Waals surface area contributed by atoms with Gasteiger partial charge < -0.3 is 10.1 Å². The van der Waals surface area contributed by atoms with E-state index in [2.05, 4.69) is 29.6 Å². The lowest BCUT2D eigenvalue weighted by atomic mass is 10.1. The molecular formula is C16H16ClNO. The van der Waals surface area contributed by atoms with Crippen molar-refractivity contribution in [3.05, 3.63) is 59.1 Å². The molecule has 2 nitrogen and oxygen atoms in total. The highest BCUT2D eigenvalue weighted by atomic mass is 35.5. The summed E-state index contributed by atoms with van der Waals surface area (Å²) in [5.41, 5.74) is 2.57. The number of rotatable bonds is 2.